The Kier molecular flexibility index (Phi) is 11.0. The molecule has 0 bridgehead atoms. The number of benzene rings is 4. The molecule has 1 amide bonds. The zero-order valence-corrected chi connectivity index (χ0v) is 31.6. The summed E-state index contributed by atoms with van der Waals surface area (Å²) in [5, 5.41) is 17.7. The van der Waals surface area contributed by atoms with Gasteiger partial charge in [0.05, 0.1) is 14.7 Å². The molecule has 2 N–H and O–H groups in total. The normalized spacial score (nSPS) is 20.1. The number of ether oxygens (including phenoxy) is 2. The van der Waals surface area contributed by atoms with Gasteiger partial charge >= 0.3 is 11.9 Å². The van der Waals surface area contributed by atoms with Crippen molar-refractivity contribution in [1.29, 1.82) is 0 Å². The van der Waals surface area contributed by atoms with Gasteiger partial charge in [-0.2, -0.15) is 0 Å². The Morgan fingerprint density at radius 3 is 1.74 bits per heavy atom. The molecule has 0 aliphatic carbocycles. The van der Waals surface area contributed by atoms with Crippen molar-refractivity contribution in [3.05, 3.63) is 127 Å². The number of hydrogen-bond acceptors (Lipinski definition) is 7. The van der Waals surface area contributed by atoms with Crippen LogP contribution in [0, 0.1) is 0 Å². The van der Waals surface area contributed by atoms with Crippen LogP contribution in [0.15, 0.2) is 121 Å². The maximum atomic E-state index is 14.3. The molecule has 1 fully saturated rings. The summed E-state index contributed by atoms with van der Waals surface area (Å²) in [4.78, 5) is 40.9. The number of amides is 1. The second-order valence-corrected chi connectivity index (χ2v) is 23.7. The van der Waals surface area contributed by atoms with E-state index < -0.39 is 58.1 Å². The lowest BCUT2D eigenvalue weighted by Crippen LogP contribution is -2.68. The molecule has 4 aromatic rings. The van der Waals surface area contributed by atoms with Crippen LogP contribution < -0.4 is 20.9 Å². The molecule has 1 heterocycles. The Bertz CT molecular complexity index is 1730. The summed E-state index contributed by atoms with van der Waals surface area (Å²) in [5.74, 6) is -1.95. The molecular weight excluding hydrogens is 663 g/mol. The number of aliphatic hydroxyl groups excluding tert-OH is 1. The van der Waals surface area contributed by atoms with E-state index in [1.165, 1.54) is 6.92 Å². The van der Waals surface area contributed by atoms with E-state index in [-0.39, 0.29) is 17.7 Å². The molecule has 0 aromatic heterocycles. The van der Waals surface area contributed by atoms with Crippen molar-refractivity contribution >= 4 is 49.8 Å². The van der Waals surface area contributed by atoms with E-state index in [4.69, 9.17) is 13.9 Å². The highest BCUT2D eigenvalue weighted by Crippen LogP contribution is 2.40. The summed E-state index contributed by atoms with van der Waals surface area (Å²) in [7, 11) is -5.65. The SMILES string of the molecule is CC(=O)O[C@@H]1[C@@H]([C@@H](O)CO[Si](c2ccccc2)(c2ccccc2)C(C)(C)C)OC(=O)[C@@]1(C[Si](C)(C)c1ccccc1)NC(=O)c1ccccc1. The fraction of sp³-hybridized carbons (Fsp3) is 0.325. The predicted octanol–water partition coefficient (Wildman–Crippen LogP) is 4.57. The van der Waals surface area contributed by atoms with Crippen LogP contribution in [0.2, 0.25) is 24.2 Å². The van der Waals surface area contributed by atoms with Gasteiger partial charge in [0.1, 0.15) is 6.10 Å². The highest BCUT2D eigenvalue weighted by atomic mass is 28.4. The van der Waals surface area contributed by atoms with Crippen LogP contribution in [-0.4, -0.2) is 69.8 Å². The summed E-state index contributed by atoms with van der Waals surface area (Å²) in [6.45, 7) is 11.6. The van der Waals surface area contributed by atoms with Crippen LogP contribution in [0.25, 0.3) is 0 Å². The summed E-state index contributed by atoms with van der Waals surface area (Å²) >= 11 is 0. The zero-order valence-electron chi connectivity index (χ0n) is 29.6. The number of hydrogen-bond donors (Lipinski definition) is 2. The Morgan fingerprint density at radius 2 is 1.28 bits per heavy atom. The topological polar surface area (TPSA) is 111 Å². The average Bonchev–Trinajstić information content (AvgIpc) is 3.34. The fourth-order valence-electron chi connectivity index (χ4n) is 7.27. The Hall–Kier alpha value is -4.36. The molecule has 0 spiro atoms. The monoisotopic (exact) mass is 709 g/mol. The Morgan fingerprint density at radius 1 is 0.820 bits per heavy atom. The highest BCUT2D eigenvalue weighted by molar-refractivity contribution is 6.99. The molecule has 10 heteroatoms. The van der Waals surface area contributed by atoms with E-state index in [1.54, 1.807) is 30.3 Å². The molecule has 4 atom stereocenters. The van der Waals surface area contributed by atoms with E-state index in [9.17, 15) is 19.5 Å². The van der Waals surface area contributed by atoms with E-state index in [1.807, 2.05) is 66.7 Å². The van der Waals surface area contributed by atoms with Gasteiger partial charge < -0.3 is 24.3 Å². The molecule has 8 nitrogen and oxygen atoms in total. The molecule has 262 valence electrons. The lowest BCUT2D eigenvalue weighted by molar-refractivity contribution is -0.158. The Labute approximate surface area is 296 Å². The minimum absolute atomic E-state index is 0.151. The quantitative estimate of drug-likeness (QED) is 0.164. The molecule has 1 aliphatic rings. The lowest BCUT2D eigenvalue weighted by atomic mass is 9.90. The van der Waals surface area contributed by atoms with Crippen molar-refractivity contribution < 1.29 is 33.4 Å². The van der Waals surface area contributed by atoms with Gasteiger partial charge in [0.2, 0.25) is 0 Å². The number of carbonyl (C=O) groups is 3. The minimum atomic E-state index is -3.09. The average molecular weight is 710 g/mol. The van der Waals surface area contributed by atoms with Gasteiger partial charge in [-0.3, -0.25) is 9.59 Å². The summed E-state index contributed by atoms with van der Waals surface area (Å²) < 4.78 is 18.9. The molecule has 50 heavy (non-hydrogen) atoms. The third-order valence-corrected chi connectivity index (χ3v) is 17.9. The first-order chi connectivity index (χ1) is 23.7. The maximum Gasteiger partial charge on any atom is 0.336 e. The third kappa shape index (κ3) is 7.39. The van der Waals surface area contributed by atoms with Gasteiger partial charge in [-0.25, -0.2) is 4.79 Å². The van der Waals surface area contributed by atoms with Crippen LogP contribution in [0.3, 0.4) is 0 Å². The van der Waals surface area contributed by atoms with Gasteiger partial charge in [-0.1, -0.05) is 148 Å². The van der Waals surface area contributed by atoms with Gasteiger partial charge in [-0.05, 0) is 33.6 Å². The van der Waals surface area contributed by atoms with Gasteiger partial charge in [0, 0.05) is 12.5 Å². The van der Waals surface area contributed by atoms with Crippen molar-refractivity contribution in [1.82, 2.24) is 5.32 Å². The molecule has 1 aliphatic heterocycles. The van der Waals surface area contributed by atoms with Crippen molar-refractivity contribution in [2.24, 2.45) is 0 Å². The van der Waals surface area contributed by atoms with Crippen LogP contribution in [0.1, 0.15) is 38.1 Å². The van der Waals surface area contributed by atoms with Crippen LogP contribution in [0.4, 0.5) is 0 Å². The zero-order chi connectivity index (χ0) is 36.2. The fourth-order valence-corrected chi connectivity index (χ4v) is 15.0. The lowest BCUT2D eigenvalue weighted by Gasteiger charge is -2.44. The number of cyclic esters (lactones) is 1. The second-order valence-electron chi connectivity index (χ2n) is 14.7. The number of aliphatic hydroxyl groups is 1. The van der Waals surface area contributed by atoms with E-state index >= 15 is 0 Å². The van der Waals surface area contributed by atoms with Crippen LogP contribution in [-0.2, 0) is 23.5 Å². The van der Waals surface area contributed by atoms with Crippen molar-refractivity contribution in [3.63, 3.8) is 0 Å². The van der Waals surface area contributed by atoms with Crippen molar-refractivity contribution in [3.8, 4) is 0 Å². The largest absolute Gasteiger partial charge is 0.455 e. The predicted molar refractivity (Wildman–Crippen MR) is 200 cm³/mol. The molecule has 1 saturated heterocycles. The number of carbonyl (C=O) groups excluding carboxylic acids is 3. The smallest absolute Gasteiger partial charge is 0.336 e. The number of esters is 2. The Balaban J connectivity index is 1.56. The first-order valence-corrected chi connectivity index (χ1v) is 22.1. The third-order valence-electron chi connectivity index (χ3n) is 9.60. The minimum Gasteiger partial charge on any atom is -0.455 e. The van der Waals surface area contributed by atoms with Crippen molar-refractivity contribution in [2.75, 3.05) is 6.61 Å². The number of rotatable bonds is 12. The van der Waals surface area contributed by atoms with Gasteiger partial charge in [-0.15, -0.1) is 0 Å². The summed E-state index contributed by atoms with van der Waals surface area (Å²) in [6.07, 6.45) is -4.06. The highest BCUT2D eigenvalue weighted by Gasteiger charge is 2.64. The summed E-state index contributed by atoms with van der Waals surface area (Å²) in [6, 6.07) is 38.5. The molecule has 0 saturated carbocycles. The molecular formula is C40H47NO7Si2. The number of nitrogens with one attached hydrogen (secondary N) is 1. The van der Waals surface area contributed by atoms with Gasteiger partial charge in [0.25, 0.3) is 14.2 Å². The van der Waals surface area contributed by atoms with Crippen molar-refractivity contribution in [2.45, 2.75) is 75.7 Å². The van der Waals surface area contributed by atoms with E-state index in [0.717, 1.165) is 15.6 Å². The standard InChI is InChI=1S/C40H47NO7Si2/c1-29(42)47-36-35(34(43)27-46-50(39(2,3)4,32-23-15-9-16-24-32)33-25-17-10-18-26-33)48-38(45)40(36,41-37(44)30-19-11-7-12-20-30)28-49(5,6)31-21-13-8-14-22-31/h7-26,34-36,43H,27-28H2,1-6H3,(H,41,44)/t34-,35+,36+,40-/m0/s1. The van der Waals surface area contributed by atoms with Crippen LogP contribution >= 0.6 is 0 Å². The van der Waals surface area contributed by atoms with Crippen LogP contribution in [0.5, 0.6) is 0 Å². The molecule has 0 radical (unpaired) electrons. The van der Waals surface area contributed by atoms with E-state index in [2.05, 4.69) is 63.4 Å². The van der Waals surface area contributed by atoms with Gasteiger partial charge in [0.15, 0.2) is 17.7 Å². The first kappa shape index (κ1) is 36.9. The molecule has 5 rings (SSSR count). The first-order valence-electron chi connectivity index (χ1n) is 17.0. The molecule has 4 aromatic carbocycles. The maximum absolute atomic E-state index is 14.3. The molecule has 0 unspecified atom stereocenters. The second kappa shape index (κ2) is 14.9. The van der Waals surface area contributed by atoms with E-state index in [0.29, 0.717) is 5.56 Å². The summed E-state index contributed by atoms with van der Waals surface area (Å²) in [5.41, 5.74) is -1.45.